The molecule has 1 atom stereocenters. The molecule has 0 spiro atoms. The van der Waals surface area contributed by atoms with Gasteiger partial charge in [0.1, 0.15) is 11.2 Å². The predicted octanol–water partition coefficient (Wildman–Crippen LogP) is 1.54. The third-order valence-electron chi connectivity index (χ3n) is 2.65. The van der Waals surface area contributed by atoms with Crippen molar-refractivity contribution in [3.05, 3.63) is 46.2 Å². The number of nitrogens with zero attached hydrogens (tertiary/aromatic N) is 2. The van der Waals surface area contributed by atoms with Crippen molar-refractivity contribution in [3.63, 3.8) is 0 Å². The van der Waals surface area contributed by atoms with Crippen molar-refractivity contribution in [2.75, 3.05) is 0 Å². The van der Waals surface area contributed by atoms with E-state index in [0.29, 0.717) is 5.69 Å². The molecule has 2 heterocycles. The number of carboxylic acids is 1. The van der Waals surface area contributed by atoms with Gasteiger partial charge in [-0.2, -0.15) is 0 Å². The van der Waals surface area contributed by atoms with Gasteiger partial charge in [0.05, 0.1) is 16.9 Å². The van der Waals surface area contributed by atoms with Crippen molar-refractivity contribution in [3.8, 4) is 0 Å². The van der Waals surface area contributed by atoms with Gasteiger partial charge in [0, 0.05) is 24.5 Å². The van der Waals surface area contributed by atoms with E-state index in [4.69, 9.17) is 23.2 Å². The van der Waals surface area contributed by atoms with Gasteiger partial charge in [0.15, 0.2) is 0 Å². The number of amides is 1. The number of carboxylic acid groups (broad SMARTS) is 1. The maximum Gasteiger partial charge on any atom is 0.326 e. The number of aromatic nitrogens is 3. The van der Waals surface area contributed by atoms with Crippen LogP contribution in [-0.2, 0) is 11.2 Å². The van der Waals surface area contributed by atoms with E-state index < -0.39 is 17.9 Å². The van der Waals surface area contributed by atoms with Crippen molar-refractivity contribution in [1.82, 2.24) is 20.3 Å². The van der Waals surface area contributed by atoms with Gasteiger partial charge < -0.3 is 15.4 Å². The van der Waals surface area contributed by atoms with Gasteiger partial charge in [-0.05, 0) is 6.07 Å². The Morgan fingerprint density at radius 1 is 1.38 bits per heavy atom. The minimum Gasteiger partial charge on any atom is -0.480 e. The lowest BCUT2D eigenvalue weighted by atomic mass is 10.1. The van der Waals surface area contributed by atoms with Crippen molar-refractivity contribution >= 4 is 35.1 Å². The molecule has 2 aromatic heterocycles. The molecule has 0 aliphatic heterocycles. The molecule has 0 bridgehead atoms. The Labute approximate surface area is 129 Å². The third kappa shape index (κ3) is 3.93. The second-order valence-corrected chi connectivity index (χ2v) is 4.93. The summed E-state index contributed by atoms with van der Waals surface area (Å²) in [5, 5.41) is 11.7. The summed E-state index contributed by atoms with van der Waals surface area (Å²) in [5.41, 5.74) is 0.647. The molecule has 0 saturated heterocycles. The first kappa shape index (κ1) is 15.3. The van der Waals surface area contributed by atoms with Crippen LogP contribution in [0.5, 0.6) is 0 Å². The number of halogens is 2. The average molecular weight is 329 g/mol. The Morgan fingerprint density at radius 2 is 2.14 bits per heavy atom. The van der Waals surface area contributed by atoms with E-state index in [1.807, 2.05) is 0 Å². The smallest absolute Gasteiger partial charge is 0.326 e. The fourth-order valence-electron chi connectivity index (χ4n) is 1.64. The summed E-state index contributed by atoms with van der Waals surface area (Å²) < 4.78 is 0. The van der Waals surface area contributed by atoms with Crippen molar-refractivity contribution < 1.29 is 14.7 Å². The first-order valence-corrected chi connectivity index (χ1v) is 6.55. The van der Waals surface area contributed by atoms with Gasteiger partial charge in [0.25, 0.3) is 5.91 Å². The highest BCUT2D eigenvalue weighted by Gasteiger charge is 2.23. The number of hydrogen-bond acceptors (Lipinski definition) is 4. The number of aromatic amines is 1. The van der Waals surface area contributed by atoms with E-state index in [1.165, 1.54) is 24.8 Å². The fourth-order valence-corrected chi connectivity index (χ4v) is 1.99. The van der Waals surface area contributed by atoms with Crippen LogP contribution in [0.3, 0.4) is 0 Å². The fraction of sp³-hybridized carbons (Fsp3) is 0.167. The van der Waals surface area contributed by atoms with Crippen LogP contribution in [-0.4, -0.2) is 38.0 Å². The molecule has 3 N–H and O–H groups in total. The first-order valence-electron chi connectivity index (χ1n) is 5.79. The SMILES string of the molecule is O=C(NC(Cc1cnc[nH]1)C(=O)O)c1cc(Cl)ncc1Cl. The van der Waals surface area contributed by atoms with Gasteiger partial charge >= 0.3 is 5.97 Å². The van der Waals surface area contributed by atoms with Gasteiger partial charge in [-0.15, -0.1) is 0 Å². The third-order valence-corrected chi connectivity index (χ3v) is 3.16. The van der Waals surface area contributed by atoms with E-state index in [1.54, 1.807) is 0 Å². The molecule has 1 unspecified atom stereocenters. The van der Waals surface area contributed by atoms with Gasteiger partial charge in [-0.25, -0.2) is 14.8 Å². The van der Waals surface area contributed by atoms with Gasteiger partial charge in [-0.3, -0.25) is 4.79 Å². The van der Waals surface area contributed by atoms with E-state index >= 15 is 0 Å². The summed E-state index contributed by atoms with van der Waals surface area (Å²) >= 11 is 11.5. The number of pyridine rings is 1. The zero-order valence-corrected chi connectivity index (χ0v) is 12.0. The molecular weight excluding hydrogens is 319 g/mol. The molecule has 2 rings (SSSR count). The second-order valence-electron chi connectivity index (χ2n) is 4.13. The van der Waals surface area contributed by atoms with E-state index in [2.05, 4.69) is 20.3 Å². The number of H-pyrrole nitrogens is 1. The summed E-state index contributed by atoms with van der Waals surface area (Å²) in [4.78, 5) is 33.6. The second kappa shape index (κ2) is 6.55. The highest BCUT2D eigenvalue weighted by Crippen LogP contribution is 2.18. The number of imidazole rings is 1. The Kier molecular flexibility index (Phi) is 4.77. The highest BCUT2D eigenvalue weighted by atomic mass is 35.5. The average Bonchev–Trinajstić information content (AvgIpc) is 2.93. The van der Waals surface area contributed by atoms with Crippen LogP contribution in [0.25, 0.3) is 0 Å². The monoisotopic (exact) mass is 328 g/mol. The number of carbonyl (C=O) groups is 2. The molecule has 0 aliphatic rings. The first-order chi connectivity index (χ1) is 9.97. The molecule has 0 aliphatic carbocycles. The molecule has 0 fully saturated rings. The quantitative estimate of drug-likeness (QED) is 0.721. The predicted molar refractivity (Wildman–Crippen MR) is 75.4 cm³/mol. The number of aliphatic carboxylic acids is 1. The zero-order valence-electron chi connectivity index (χ0n) is 10.5. The topological polar surface area (TPSA) is 108 Å². The number of hydrogen-bond donors (Lipinski definition) is 3. The highest BCUT2D eigenvalue weighted by molar-refractivity contribution is 6.35. The van der Waals surface area contributed by atoms with Crippen LogP contribution in [0.2, 0.25) is 10.2 Å². The molecule has 9 heteroatoms. The molecular formula is C12H10Cl2N4O3. The number of nitrogens with one attached hydrogen (secondary N) is 2. The van der Waals surface area contributed by atoms with Crippen LogP contribution in [0.15, 0.2) is 24.8 Å². The van der Waals surface area contributed by atoms with Crippen molar-refractivity contribution in [2.24, 2.45) is 0 Å². The molecule has 7 nitrogen and oxygen atoms in total. The maximum absolute atomic E-state index is 12.1. The largest absolute Gasteiger partial charge is 0.480 e. The Hall–Kier alpha value is -2.12. The van der Waals surface area contributed by atoms with Crippen LogP contribution in [0.1, 0.15) is 16.1 Å². The molecule has 110 valence electrons. The Balaban J connectivity index is 2.14. The lowest BCUT2D eigenvalue weighted by Gasteiger charge is -2.14. The van der Waals surface area contributed by atoms with Crippen LogP contribution < -0.4 is 5.32 Å². The van der Waals surface area contributed by atoms with E-state index in [9.17, 15) is 14.7 Å². The summed E-state index contributed by atoms with van der Waals surface area (Å²) in [6.07, 6.45) is 4.20. The van der Waals surface area contributed by atoms with Crippen molar-refractivity contribution in [2.45, 2.75) is 12.5 Å². The summed E-state index contributed by atoms with van der Waals surface area (Å²) in [6.45, 7) is 0. The molecule has 2 aromatic rings. The minimum atomic E-state index is -1.17. The minimum absolute atomic E-state index is 0.0625. The Bertz CT molecular complexity index is 661. The Morgan fingerprint density at radius 3 is 2.76 bits per heavy atom. The standard InChI is InChI=1S/C12H10Cl2N4O3/c13-8-4-16-10(14)2-7(8)11(19)18-9(12(20)21)1-6-3-15-5-17-6/h2-5,9H,1H2,(H,15,17)(H,18,19)(H,20,21). The summed E-state index contributed by atoms with van der Waals surface area (Å²) in [7, 11) is 0. The normalized spacial score (nSPS) is 11.9. The number of rotatable bonds is 5. The van der Waals surface area contributed by atoms with Crippen molar-refractivity contribution in [1.29, 1.82) is 0 Å². The van der Waals surface area contributed by atoms with Gasteiger partial charge in [-0.1, -0.05) is 23.2 Å². The number of carbonyl (C=O) groups excluding carboxylic acids is 1. The van der Waals surface area contributed by atoms with Gasteiger partial charge in [0.2, 0.25) is 0 Å². The molecule has 21 heavy (non-hydrogen) atoms. The lowest BCUT2D eigenvalue weighted by molar-refractivity contribution is -0.139. The molecule has 0 saturated carbocycles. The zero-order chi connectivity index (χ0) is 15.4. The summed E-state index contributed by atoms with van der Waals surface area (Å²) in [5.74, 6) is -1.81. The lowest BCUT2D eigenvalue weighted by Crippen LogP contribution is -2.42. The maximum atomic E-state index is 12.1. The molecule has 0 aromatic carbocycles. The van der Waals surface area contributed by atoms with Crippen LogP contribution >= 0.6 is 23.2 Å². The van der Waals surface area contributed by atoms with Crippen LogP contribution in [0, 0.1) is 0 Å². The summed E-state index contributed by atoms with van der Waals surface area (Å²) in [6, 6.07) is 0.148. The molecule has 1 amide bonds. The van der Waals surface area contributed by atoms with Crippen LogP contribution in [0.4, 0.5) is 0 Å². The van der Waals surface area contributed by atoms with E-state index in [0.717, 1.165) is 0 Å². The van der Waals surface area contributed by atoms with E-state index in [-0.39, 0.29) is 22.2 Å². The molecule has 0 radical (unpaired) electrons.